The normalized spacial score (nSPS) is 11.4. The third-order valence-corrected chi connectivity index (χ3v) is 2.72. The fourth-order valence-corrected chi connectivity index (χ4v) is 1.88. The summed E-state index contributed by atoms with van der Waals surface area (Å²) in [4.78, 5) is 18.1. The molecule has 0 radical (unpaired) electrons. The van der Waals surface area contributed by atoms with E-state index in [0.717, 1.165) is 0 Å². The van der Waals surface area contributed by atoms with E-state index in [9.17, 15) is 9.18 Å². The van der Waals surface area contributed by atoms with Crippen LogP contribution in [-0.2, 0) is 6.61 Å². The van der Waals surface area contributed by atoms with E-state index >= 15 is 0 Å². The molecule has 0 aliphatic carbocycles. The predicted octanol–water partition coefficient (Wildman–Crippen LogP) is 0.807. The number of hydrogen-bond donors (Lipinski definition) is 2. The van der Waals surface area contributed by atoms with Crippen molar-refractivity contribution in [3.05, 3.63) is 46.4 Å². The largest absolute Gasteiger partial charge is 0.392 e. The van der Waals surface area contributed by atoms with E-state index < -0.39 is 18.1 Å². The minimum atomic E-state index is -0.618. The van der Waals surface area contributed by atoms with Gasteiger partial charge in [-0.3, -0.25) is 4.40 Å². The predicted molar refractivity (Wildman–Crippen MR) is 59.2 cm³/mol. The van der Waals surface area contributed by atoms with E-state index in [1.807, 2.05) is 0 Å². The summed E-state index contributed by atoms with van der Waals surface area (Å²) in [5.74, 6) is -0.618. The van der Waals surface area contributed by atoms with Crippen molar-refractivity contribution < 1.29 is 9.50 Å². The van der Waals surface area contributed by atoms with E-state index in [-0.39, 0.29) is 11.1 Å². The Kier molecular flexibility index (Phi) is 1.99. The van der Waals surface area contributed by atoms with E-state index in [2.05, 4.69) is 9.97 Å². The number of halogens is 1. The van der Waals surface area contributed by atoms with Crippen LogP contribution in [0.25, 0.3) is 16.6 Å². The lowest BCUT2D eigenvalue weighted by Crippen LogP contribution is -2.16. The first-order chi connectivity index (χ1) is 8.22. The van der Waals surface area contributed by atoms with Gasteiger partial charge in [0.1, 0.15) is 5.65 Å². The molecule has 3 aromatic rings. The van der Waals surface area contributed by atoms with Crippen molar-refractivity contribution >= 4 is 16.6 Å². The fraction of sp³-hybridized carbons (Fsp3) is 0.0909. The number of imidazole rings is 1. The van der Waals surface area contributed by atoms with E-state index in [4.69, 9.17) is 5.11 Å². The number of aromatic nitrogens is 3. The van der Waals surface area contributed by atoms with Crippen LogP contribution in [0.4, 0.5) is 4.39 Å². The first kappa shape index (κ1) is 9.98. The molecule has 6 heteroatoms. The lowest BCUT2D eigenvalue weighted by atomic mass is 10.1. The maximum atomic E-state index is 13.9. The number of aliphatic hydroxyl groups is 1. The summed E-state index contributed by atoms with van der Waals surface area (Å²) in [6, 6.07) is 3.10. The fourth-order valence-electron chi connectivity index (χ4n) is 1.88. The van der Waals surface area contributed by atoms with Crippen molar-refractivity contribution in [1.29, 1.82) is 0 Å². The first-order valence-corrected chi connectivity index (χ1v) is 4.99. The standard InChI is InChI=1S/C11H8FN3O2/c12-8-6(5-16)1-2-7-9(8)14-11(17)15-4-3-13-10(7)15/h1-4,16H,5H2,(H,14,17). The average Bonchev–Trinajstić information content (AvgIpc) is 2.81. The number of fused-ring (bicyclic) bond motifs is 3. The van der Waals surface area contributed by atoms with Gasteiger partial charge in [0, 0.05) is 23.3 Å². The molecule has 5 nitrogen and oxygen atoms in total. The van der Waals surface area contributed by atoms with Gasteiger partial charge >= 0.3 is 5.69 Å². The first-order valence-electron chi connectivity index (χ1n) is 4.99. The van der Waals surface area contributed by atoms with Gasteiger partial charge in [0.2, 0.25) is 0 Å². The maximum absolute atomic E-state index is 13.9. The number of rotatable bonds is 1. The zero-order chi connectivity index (χ0) is 12.0. The highest BCUT2D eigenvalue weighted by Crippen LogP contribution is 2.20. The maximum Gasteiger partial charge on any atom is 0.331 e. The molecule has 0 aliphatic heterocycles. The number of H-pyrrole nitrogens is 1. The molecular formula is C11H8FN3O2. The number of nitrogens with zero attached hydrogens (tertiary/aromatic N) is 2. The lowest BCUT2D eigenvalue weighted by molar-refractivity contribution is 0.276. The van der Waals surface area contributed by atoms with Gasteiger partial charge in [-0.2, -0.15) is 0 Å². The summed E-state index contributed by atoms with van der Waals surface area (Å²) < 4.78 is 15.2. The van der Waals surface area contributed by atoms with Gasteiger partial charge in [0.25, 0.3) is 0 Å². The Morgan fingerprint density at radius 1 is 1.47 bits per heavy atom. The Hall–Kier alpha value is -2.21. The van der Waals surface area contributed by atoms with Crippen molar-refractivity contribution in [2.24, 2.45) is 0 Å². The highest BCUT2D eigenvalue weighted by atomic mass is 19.1. The van der Waals surface area contributed by atoms with Gasteiger partial charge in [0.15, 0.2) is 5.82 Å². The summed E-state index contributed by atoms with van der Waals surface area (Å²) in [5, 5.41) is 9.47. The van der Waals surface area contributed by atoms with Crippen LogP contribution in [0, 0.1) is 5.82 Å². The SMILES string of the molecule is O=c1[nH]c2c(F)c(CO)ccc2c2nccn12. The molecule has 2 heterocycles. The Balaban J connectivity index is 2.58. The Bertz CT molecular complexity index is 775. The smallest absolute Gasteiger partial charge is 0.331 e. The van der Waals surface area contributed by atoms with Gasteiger partial charge in [-0.25, -0.2) is 14.2 Å². The molecule has 3 rings (SSSR count). The molecule has 2 aromatic heterocycles. The minimum absolute atomic E-state index is 0.0697. The van der Waals surface area contributed by atoms with Crippen LogP contribution in [0.1, 0.15) is 5.56 Å². The summed E-state index contributed by atoms with van der Waals surface area (Å²) in [7, 11) is 0. The van der Waals surface area contributed by atoms with E-state index in [0.29, 0.717) is 11.0 Å². The zero-order valence-corrected chi connectivity index (χ0v) is 8.64. The molecule has 1 aromatic carbocycles. The van der Waals surface area contributed by atoms with Gasteiger partial charge in [-0.1, -0.05) is 6.07 Å². The molecular weight excluding hydrogens is 225 g/mol. The molecule has 0 aliphatic rings. The Morgan fingerprint density at radius 3 is 3.06 bits per heavy atom. The van der Waals surface area contributed by atoms with Crippen LogP contribution in [0.5, 0.6) is 0 Å². The van der Waals surface area contributed by atoms with Gasteiger partial charge < -0.3 is 10.1 Å². The van der Waals surface area contributed by atoms with Crippen LogP contribution < -0.4 is 5.69 Å². The second-order valence-corrected chi connectivity index (χ2v) is 3.67. The zero-order valence-electron chi connectivity index (χ0n) is 8.64. The minimum Gasteiger partial charge on any atom is -0.392 e. The summed E-state index contributed by atoms with van der Waals surface area (Å²) in [5.41, 5.74) is 0.149. The van der Waals surface area contributed by atoms with E-state index in [1.165, 1.54) is 22.9 Å². The van der Waals surface area contributed by atoms with Crippen molar-refractivity contribution in [2.75, 3.05) is 0 Å². The summed E-state index contributed by atoms with van der Waals surface area (Å²) in [6.07, 6.45) is 2.98. The van der Waals surface area contributed by atoms with Crippen LogP contribution in [0.15, 0.2) is 29.3 Å². The third-order valence-electron chi connectivity index (χ3n) is 2.72. The quantitative estimate of drug-likeness (QED) is 0.653. The summed E-state index contributed by atoms with van der Waals surface area (Å²) >= 11 is 0. The number of nitrogens with one attached hydrogen (secondary N) is 1. The Morgan fingerprint density at radius 2 is 2.29 bits per heavy atom. The van der Waals surface area contributed by atoms with Crippen molar-refractivity contribution in [3.8, 4) is 0 Å². The molecule has 86 valence electrons. The molecule has 0 amide bonds. The molecule has 0 fully saturated rings. The topological polar surface area (TPSA) is 70.4 Å². The van der Waals surface area contributed by atoms with Gasteiger partial charge in [0.05, 0.1) is 12.1 Å². The molecule has 0 atom stereocenters. The average molecular weight is 233 g/mol. The number of hydrogen-bond acceptors (Lipinski definition) is 3. The van der Waals surface area contributed by atoms with Gasteiger partial charge in [-0.15, -0.1) is 0 Å². The molecule has 0 bridgehead atoms. The second-order valence-electron chi connectivity index (χ2n) is 3.67. The molecule has 17 heavy (non-hydrogen) atoms. The molecule has 2 N–H and O–H groups in total. The van der Waals surface area contributed by atoms with Crippen LogP contribution in [0.2, 0.25) is 0 Å². The third kappa shape index (κ3) is 1.27. The van der Waals surface area contributed by atoms with Crippen LogP contribution in [0.3, 0.4) is 0 Å². The van der Waals surface area contributed by atoms with Crippen LogP contribution >= 0.6 is 0 Å². The number of aromatic amines is 1. The van der Waals surface area contributed by atoms with Crippen molar-refractivity contribution in [1.82, 2.24) is 14.4 Å². The molecule has 0 saturated carbocycles. The molecule has 0 spiro atoms. The van der Waals surface area contributed by atoms with Crippen molar-refractivity contribution in [2.45, 2.75) is 6.61 Å². The monoisotopic (exact) mass is 233 g/mol. The van der Waals surface area contributed by atoms with E-state index in [1.54, 1.807) is 6.07 Å². The number of benzene rings is 1. The van der Waals surface area contributed by atoms with Gasteiger partial charge in [-0.05, 0) is 6.07 Å². The number of aliphatic hydroxyl groups excluding tert-OH is 1. The highest BCUT2D eigenvalue weighted by molar-refractivity contribution is 5.91. The molecule has 0 unspecified atom stereocenters. The molecule has 0 saturated heterocycles. The van der Waals surface area contributed by atoms with Crippen molar-refractivity contribution in [3.63, 3.8) is 0 Å². The second kappa shape index (κ2) is 3.39. The highest BCUT2D eigenvalue weighted by Gasteiger charge is 2.12. The Labute approximate surface area is 94.2 Å². The lowest BCUT2D eigenvalue weighted by Gasteiger charge is -2.05. The van der Waals surface area contributed by atoms with Crippen LogP contribution in [-0.4, -0.2) is 19.5 Å². The summed E-state index contributed by atoms with van der Waals surface area (Å²) in [6.45, 7) is -0.413.